The third kappa shape index (κ3) is 2.13. The van der Waals surface area contributed by atoms with Crippen molar-refractivity contribution >= 4 is 26.8 Å². The second-order valence-corrected chi connectivity index (χ2v) is 5.67. The lowest BCUT2D eigenvalue weighted by atomic mass is 10.3. The standard InChI is InChI=1S/C11H5F4N3O3S/c12-6-2-1-3-7-8(6)17-10(9-16-4-5-18(7)9)21-22(19,20)11(13,14)15/h1-5H. The van der Waals surface area contributed by atoms with Crippen LogP contribution < -0.4 is 4.18 Å². The normalized spacial score (nSPS) is 12.9. The van der Waals surface area contributed by atoms with Crippen molar-refractivity contribution in [3.05, 3.63) is 36.4 Å². The maximum atomic E-state index is 13.7. The second kappa shape index (κ2) is 4.53. The molecule has 0 N–H and O–H groups in total. The number of para-hydroxylation sites is 1. The molecule has 0 aliphatic heterocycles. The Kier molecular flexibility index (Phi) is 2.99. The van der Waals surface area contributed by atoms with Gasteiger partial charge in [0.1, 0.15) is 5.52 Å². The summed E-state index contributed by atoms with van der Waals surface area (Å²) in [5.74, 6) is -1.80. The summed E-state index contributed by atoms with van der Waals surface area (Å²) in [6.45, 7) is 0. The van der Waals surface area contributed by atoms with Crippen LogP contribution in [0.3, 0.4) is 0 Å². The second-order valence-electron chi connectivity index (χ2n) is 4.13. The molecule has 3 rings (SSSR count). The smallest absolute Gasteiger partial charge is 0.351 e. The van der Waals surface area contributed by atoms with Gasteiger partial charge in [-0.25, -0.2) is 14.4 Å². The Hall–Kier alpha value is -2.43. The topological polar surface area (TPSA) is 73.6 Å². The lowest BCUT2D eigenvalue weighted by Gasteiger charge is -2.10. The van der Waals surface area contributed by atoms with Crippen molar-refractivity contribution in [2.75, 3.05) is 0 Å². The van der Waals surface area contributed by atoms with E-state index >= 15 is 0 Å². The van der Waals surface area contributed by atoms with E-state index in [9.17, 15) is 26.0 Å². The molecule has 0 bridgehead atoms. The number of fused-ring (bicyclic) bond motifs is 3. The Morgan fingerprint density at radius 2 is 1.95 bits per heavy atom. The molecule has 11 heteroatoms. The van der Waals surface area contributed by atoms with Crippen molar-refractivity contribution in [3.63, 3.8) is 0 Å². The van der Waals surface area contributed by atoms with Crippen molar-refractivity contribution in [2.45, 2.75) is 5.51 Å². The molecule has 0 saturated carbocycles. The maximum absolute atomic E-state index is 13.7. The zero-order valence-electron chi connectivity index (χ0n) is 10.4. The molecule has 2 heterocycles. The molecular weight excluding hydrogens is 330 g/mol. The number of hydrogen-bond donors (Lipinski definition) is 0. The van der Waals surface area contributed by atoms with E-state index < -0.39 is 27.3 Å². The molecule has 0 aliphatic rings. The van der Waals surface area contributed by atoms with Crippen LogP contribution in [0.5, 0.6) is 5.88 Å². The molecule has 0 amide bonds. The predicted octanol–water partition coefficient (Wildman–Crippen LogP) is 2.25. The first kappa shape index (κ1) is 14.5. The number of nitrogens with zero attached hydrogens (tertiary/aromatic N) is 3. The van der Waals surface area contributed by atoms with Crippen molar-refractivity contribution in [1.29, 1.82) is 0 Å². The average Bonchev–Trinajstić information content (AvgIpc) is 2.88. The number of halogens is 4. The molecule has 1 aromatic carbocycles. The highest BCUT2D eigenvalue weighted by molar-refractivity contribution is 7.88. The molecule has 22 heavy (non-hydrogen) atoms. The number of rotatable bonds is 2. The summed E-state index contributed by atoms with van der Waals surface area (Å²) >= 11 is 0. The van der Waals surface area contributed by atoms with Crippen LogP contribution in [0, 0.1) is 5.82 Å². The summed E-state index contributed by atoms with van der Waals surface area (Å²) in [5, 5.41) is 0. The summed E-state index contributed by atoms with van der Waals surface area (Å²) in [6.07, 6.45) is 2.50. The molecule has 0 unspecified atom stereocenters. The van der Waals surface area contributed by atoms with Gasteiger partial charge in [-0.15, -0.1) is 0 Å². The van der Waals surface area contributed by atoms with Gasteiger partial charge in [-0.2, -0.15) is 21.6 Å². The highest BCUT2D eigenvalue weighted by atomic mass is 32.2. The van der Waals surface area contributed by atoms with Gasteiger partial charge in [0.05, 0.1) is 5.52 Å². The lowest BCUT2D eigenvalue weighted by Crippen LogP contribution is -2.28. The number of alkyl halides is 3. The van der Waals surface area contributed by atoms with E-state index in [2.05, 4.69) is 14.2 Å². The van der Waals surface area contributed by atoms with Crippen LogP contribution in [0.4, 0.5) is 17.6 Å². The third-order valence-corrected chi connectivity index (χ3v) is 3.69. The van der Waals surface area contributed by atoms with Crippen LogP contribution in [0.25, 0.3) is 16.7 Å². The zero-order valence-corrected chi connectivity index (χ0v) is 11.2. The van der Waals surface area contributed by atoms with Crippen LogP contribution in [-0.4, -0.2) is 28.3 Å². The van der Waals surface area contributed by atoms with Gasteiger partial charge in [0.15, 0.2) is 5.82 Å². The first-order valence-corrected chi connectivity index (χ1v) is 7.03. The first-order chi connectivity index (χ1) is 10.2. The Labute approximate surface area is 120 Å². The molecule has 0 saturated heterocycles. The van der Waals surface area contributed by atoms with Crippen LogP contribution in [0.1, 0.15) is 0 Å². The van der Waals surface area contributed by atoms with Crippen molar-refractivity contribution < 1.29 is 30.2 Å². The van der Waals surface area contributed by atoms with Crippen LogP contribution in [0.15, 0.2) is 30.6 Å². The van der Waals surface area contributed by atoms with Gasteiger partial charge in [-0.1, -0.05) is 6.07 Å². The molecule has 116 valence electrons. The van der Waals surface area contributed by atoms with E-state index in [0.29, 0.717) is 0 Å². The average molecular weight is 335 g/mol. The van der Waals surface area contributed by atoms with E-state index in [0.717, 1.165) is 6.07 Å². The monoisotopic (exact) mass is 335 g/mol. The largest absolute Gasteiger partial charge is 0.534 e. The number of aromatic nitrogens is 3. The van der Waals surface area contributed by atoms with Gasteiger partial charge in [0.2, 0.25) is 5.65 Å². The fourth-order valence-corrected chi connectivity index (χ4v) is 2.24. The summed E-state index contributed by atoms with van der Waals surface area (Å²) in [7, 11) is -5.94. The summed E-state index contributed by atoms with van der Waals surface area (Å²) in [4.78, 5) is 7.20. The Balaban J connectivity index is 2.29. The van der Waals surface area contributed by atoms with Crippen molar-refractivity contribution in [2.24, 2.45) is 0 Å². The molecule has 0 fully saturated rings. The summed E-state index contributed by atoms with van der Waals surface area (Å²) in [6, 6.07) is 3.84. The first-order valence-electron chi connectivity index (χ1n) is 5.63. The third-order valence-electron chi connectivity index (χ3n) is 2.74. The Morgan fingerprint density at radius 1 is 1.23 bits per heavy atom. The van der Waals surface area contributed by atoms with Gasteiger partial charge in [-0.05, 0) is 12.1 Å². The Morgan fingerprint density at radius 3 is 2.64 bits per heavy atom. The fourth-order valence-electron chi connectivity index (χ4n) is 1.82. The van der Waals surface area contributed by atoms with Gasteiger partial charge >= 0.3 is 15.6 Å². The maximum Gasteiger partial charge on any atom is 0.534 e. The van der Waals surface area contributed by atoms with E-state index in [1.807, 2.05) is 0 Å². The fraction of sp³-hybridized carbons (Fsp3) is 0.0909. The summed E-state index contributed by atoms with van der Waals surface area (Å²) in [5.41, 5.74) is -6.07. The SMILES string of the molecule is O=S(=O)(Oc1nc2c(F)cccc2n2ccnc12)C(F)(F)F. The van der Waals surface area contributed by atoms with Gasteiger partial charge in [0.25, 0.3) is 5.88 Å². The predicted molar refractivity (Wildman–Crippen MR) is 66.1 cm³/mol. The quantitative estimate of drug-likeness (QED) is 0.408. The van der Waals surface area contributed by atoms with Crippen LogP contribution in [-0.2, 0) is 10.1 Å². The van der Waals surface area contributed by atoms with Crippen molar-refractivity contribution in [3.8, 4) is 5.88 Å². The molecule has 0 spiro atoms. The molecule has 0 radical (unpaired) electrons. The summed E-state index contributed by atoms with van der Waals surface area (Å²) < 4.78 is 78.3. The van der Waals surface area contributed by atoms with E-state index in [-0.39, 0.29) is 16.7 Å². The number of imidazole rings is 1. The molecule has 3 aromatic rings. The lowest BCUT2D eigenvalue weighted by molar-refractivity contribution is -0.0500. The van der Waals surface area contributed by atoms with Crippen LogP contribution in [0.2, 0.25) is 0 Å². The number of hydrogen-bond acceptors (Lipinski definition) is 5. The van der Waals surface area contributed by atoms with Crippen molar-refractivity contribution in [1.82, 2.24) is 14.4 Å². The van der Waals surface area contributed by atoms with Gasteiger partial charge in [0, 0.05) is 12.4 Å². The number of benzene rings is 1. The van der Waals surface area contributed by atoms with E-state index in [4.69, 9.17) is 0 Å². The minimum Gasteiger partial charge on any atom is -0.351 e. The molecule has 0 aliphatic carbocycles. The van der Waals surface area contributed by atoms with Gasteiger partial charge < -0.3 is 4.18 Å². The van der Waals surface area contributed by atoms with E-state index in [1.54, 1.807) is 0 Å². The molecule has 6 nitrogen and oxygen atoms in total. The minimum absolute atomic E-state index is 0.198. The molecule has 0 atom stereocenters. The van der Waals surface area contributed by atoms with Crippen LogP contribution >= 0.6 is 0 Å². The Bertz CT molecular complexity index is 981. The zero-order chi connectivity index (χ0) is 16.1. The highest BCUT2D eigenvalue weighted by Gasteiger charge is 2.49. The molecule has 2 aromatic heterocycles. The van der Waals surface area contributed by atoms with E-state index in [1.165, 1.54) is 28.9 Å². The highest BCUT2D eigenvalue weighted by Crippen LogP contribution is 2.30. The van der Waals surface area contributed by atoms with Gasteiger partial charge in [-0.3, -0.25) is 4.40 Å². The minimum atomic E-state index is -5.94. The molecular formula is C11H5F4N3O3S.